The molecule has 0 saturated carbocycles. The van der Waals surface area contributed by atoms with Crippen molar-refractivity contribution < 1.29 is 44.1 Å². The fourth-order valence-corrected chi connectivity index (χ4v) is 2.30. The second-order valence-electron chi connectivity index (χ2n) is 6.68. The van der Waals surface area contributed by atoms with E-state index in [1.54, 1.807) is 13.8 Å². The Morgan fingerprint density at radius 3 is 1.93 bits per heavy atom. The van der Waals surface area contributed by atoms with Crippen molar-refractivity contribution >= 4 is 35.6 Å². The van der Waals surface area contributed by atoms with Gasteiger partial charge in [0, 0.05) is 6.42 Å². The lowest BCUT2D eigenvalue weighted by molar-refractivity contribution is -0.142. The lowest BCUT2D eigenvalue weighted by atomic mass is 9.97. The summed E-state index contributed by atoms with van der Waals surface area (Å²) in [6.45, 7) is 2.68. The Kier molecular flexibility index (Phi) is 11.7. The van der Waals surface area contributed by atoms with Gasteiger partial charge in [-0.05, 0) is 12.3 Å². The third-order valence-corrected chi connectivity index (χ3v) is 4.22. The summed E-state index contributed by atoms with van der Waals surface area (Å²) < 4.78 is 0. The zero-order valence-electron chi connectivity index (χ0n) is 16.7. The van der Waals surface area contributed by atoms with Crippen LogP contribution >= 0.6 is 0 Å². The zero-order chi connectivity index (χ0) is 23.4. The predicted molar refractivity (Wildman–Crippen MR) is 101 cm³/mol. The van der Waals surface area contributed by atoms with Crippen molar-refractivity contribution in [3.8, 4) is 0 Å². The first-order valence-corrected chi connectivity index (χ1v) is 9.18. The highest BCUT2D eigenvalue weighted by molar-refractivity contribution is 5.95. The lowest BCUT2D eigenvalue weighted by Crippen LogP contribution is -2.58. The second-order valence-corrected chi connectivity index (χ2v) is 6.68. The summed E-state index contributed by atoms with van der Waals surface area (Å²) in [4.78, 5) is 69.2. The Morgan fingerprint density at radius 1 is 0.867 bits per heavy atom. The number of carboxylic acid groups (broad SMARTS) is 3. The van der Waals surface area contributed by atoms with E-state index in [-0.39, 0.29) is 6.42 Å². The van der Waals surface area contributed by atoms with E-state index in [1.807, 2.05) is 0 Å². The minimum atomic E-state index is -1.58. The number of carboxylic acids is 3. The number of nitrogens with one attached hydrogen (secondary N) is 3. The molecule has 8 N–H and O–H groups in total. The molecule has 0 aromatic rings. The zero-order valence-corrected chi connectivity index (χ0v) is 16.7. The Morgan fingerprint density at radius 2 is 1.47 bits per heavy atom. The van der Waals surface area contributed by atoms with Gasteiger partial charge in [0.05, 0.1) is 12.5 Å². The van der Waals surface area contributed by atoms with E-state index in [9.17, 15) is 28.8 Å². The fraction of sp³-hybridized carbons (Fsp3) is 0.647. The van der Waals surface area contributed by atoms with Crippen LogP contribution in [0.4, 0.5) is 0 Å². The molecule has 0 bridgehead atoms. The number of amides is 3. The third kappa shape index (κ3) is 10.4. The van der Waals surface area contributed by atoms with E-state index in [1.165, 1.54) is 0 Å². The van der Waals surface area contributed by atoms with E-state index < -0.39 is 79.1 Å². The van der Waals surface area contributed by atoms with Gasteiger partial charge in [0.1, 0.15) is 18.6 Å². The molecule has 13 nitrogen and oxygen atoms in total. The molecule has 4 atom stereocenters. The average molecular weight is 432 g/mol. The van der Waals surface area contributed by atoms with E-state index in [2.05, 4.69) is 16.0 Å². The molecule has 0 aliphatic carbocycles. The Balaban J connectivity index is 5.29. The van der Waals surface area contributed by atoms with Crippen molar-refractivity contribution in [1.29, 1.82) is 0 Å². The molecular formula is C17H28N4O9. The third-order valence-electron chi connectivity index (χ3n) is 4.22. The highest BCUT2D eigenvalue weighted by Gasteiger charge is 2.32. The van der Waals surface area contributed by atoms with Crippen LogP contribution in [0.5, 0.6) is 0 Å². The first-order valence-electron chi connectivity index (χ1n) is 9.18. The van der Waals surface area contributed by atoms with Crippen LogP contribution < -0.4 is 21.7 Å². The number of hydrogen-bond donors (Lipinski definition) is 7. The summed E-state index contributed by atoms with van der Waals surface area (Å²) in [7, 11) is 0. The molecule has 0 saturated heterocycles. The van der Waals surface area contributed by atoms with E-state index in [0.717, 1.165) is 0 Å². The standard InChI is InChI=1S/C17H28N4O9/c1-3-8(2)14(17(30)19-7-13(26)27)21-16(29)10(6-12(24)25)20-15(28)9(18)4-5-11(22)23/h8-10,14H,3-7,18H2,1-2H3,(H,19,30)(H,20,28)(H,21,29)(H,22,23)(H,24,25)(H,26,27). The quantitative estimate of drug-likeness (QED) is 0.158. The van der Waals surface area contributed by atoms with Gasteiger partial charge in [-0.15, -0.1) is 0 Å². The number of carbonyl (C=O) groups is 6. The maximum atomic E-state index is 12.6. The van der Waals surface area contributed by atoms with E-state index in [4.69, 9.17) is 21.1 Å². The molecule has 0 fully saturated rings. The van der Waals surface area contributed by atoms with Crippen LogP contribution in [0.1, 0.15) is 39.5 Å². The summed E-state index contributed by atoms with van der Waals surface area (Å²) >= 11 is 0. The van der Waals surface area contributed by atoms with Gasteiger partial charge in [-0.1, -0.05) is 20.3 Å². The molecule has 3 amide bonds. The van der Waals surface area contributed by atoms with Gasteiger partial charge in [-0.25, -0.2) is 0 Å². The van der Waals surface area contributed by atoms with Crippen molar-refractivity contribution in [3.05, 3.63) is 0 Å². The largest absolute Gasteiger partial charge is 0.481 e. The van der Waals surface area contributed by atoms with Crippen LogP contribution in [-0.2, 0) is 28.8 Å². The smallest absolute Gasteiger partial charge is 0.322 e. The molecule has 0 rings (SSSR count). The number of hydrogen-bond acceptors (Lipinski definition) is 7. The SMILES string of the molecule is CCC(C)C(NC(=O)C(CC(=O)O)NC(=O)C(N)CCC(=O)O)C(=O)NCC(=O)O. The van der Waals surface area contributed by atoms with Crippen LogP contribution in [0.15, 0.2) is 0 Å². The number of nitrogens with two attached hydrogens (primary N) is 1. The minimum Gasteiger partial charge on any atom is -0.481 e. The first-order chi connectivity index (χ1) is 13.9. The van der Waals surface area contributed by atoms with Gasteiger partial charge in [0.15, 0.2) is 0 Å². The van der Waals surface area contributed by atoms with Gasteiger partial charge < -0.3 is 37.0 Å². The summed E-state index contributed by atoms with van der Waals surface area (Å²) in [6, 6.07) is -4.03. The molecule has 0 aliphatic rings. The highest BCUT2D eigenvalue weighted by Crippen LogP contribution is 2.09. The van der Waals surface area contributed by atoms with Crippen molar-refractivity contribution in [3.63, 3.8) is 0 Å². The maximum absolute atomic E-state index is 12.6. The first kappa shape index (κ1) is 26.8. The summed E-state index contributed by atoms with van der Waals surface area (Å²) in [5.74, 6) is -6.99. The van der Waals surface area contributed by atoms with E-state index >= 15 is 0 Å². The lowest BCUT2D eigenvalue weighted by Gasteiger charge is -2.26. The van der Waals surface area contributed by atoms with Crippen LogP contribution in [0.25, 0.3) is 0 Å². The molecule has 13 heteroatoms. The molecule has 0 aromatic carbocycles. The number of rotatable bonds is 14. The molecule has 0 radical (unpaired) electrons. The number of aliphatic carboxylic acids is 3. The maximum Gasteiger partial charge on any atom is 0.322 e. The summed E-state index contributed by atoms with van der Waals surface area (Å²) in [5.41, 5.74) is 5.56. The molecule has 30 heavy (non-hydrogen) atoms. The summed E-state index contributed by atoms with van der Waals surface area (Å²) in [6.07, 6.45) is -1.01. The predicted octanol–water partition coefficient (Wildman–Crippen LogP) is -2.13. The second kappa shape index (κ2) is 13.1. The topological polar surface area (TPSA) is 225 Å². The van der Waals surface area contributed by atoms with Gasteiger partial charge in [0.25, 0.3) is 0 Å². The van der Waals surface area contributed by atoms with Gasteiger partial charge in [0.2, 0.25) is 17.7 Å². The highest BCUT2D eigenvalue weighted by atomic mass is 16.4. The van der Waals surface area contributed by atoms with Crippen molar-refractivity contribution in [2.24, 2.45) is 11.7 Å². The van der Waals surface area contributed by atoms with E-state index in [0.29, 0.717) is 6.42 Å². The van der Waals surface area contributed by atoms with Crippen molar-refractivity contribution in [1.82, 2.24) is 16.0 Å². The Bertz CT molecular complexity index is 668. The Hall–Kier alpha value is -3.22. The average Bonchev–Trinajstić information content (AvgIpc) is 2.66. The minimum absolute atomic E-state index is 0.227. The molecule has 0 aliphatic heterocycles. The van der Waals surface area contributed by atoms with Crippen LogP contribution in [0.3, 0.4) is 0 Å². The Labute approximate surface area is 172 Å². The molecular weight excluding hydrogens is 404 g/mol. The van der Waals surface area contributed by atoms with Crippen molar-refractivity contribution in [2.45, 2.75) is 57.7 Å². The van der Waals surface area contributed by atoms with Gasteiger partial charge in [-0.2, -0.15) is 0 Å². The van der Waals surface area contributed by atoms with Gasteiger partial charge in [-0.3, -0.25) is 28.8 Å². The normalized spacial score (nSPS) is 14.5. The molecule has 0 heterocycles. The monoisotopic (exact) mass is 432 g/mol. The molecule has 170 valence electrons. The summed E-state index contributed by atoms with van der Waals surface area (Å²) in [5, 5.41) is 32.9. The van der Waals surface area contributed by atoms with Crippen LogP contribution in [-0.4, -0.2) is 75.6 Å². The number of carbonyl (C=O) groups excluding carboxylic acids is 3. The van der Waals surface area contributed by atoms with Crippen LogP contribution in [0.2, 0.25) is 0 Å². The van der Waals surface area contributed by atoms with Crippen LogP contribution in [0, 0.1) is 5.92 Å². The van der Waals surface area contributed by atoms with Crippen molar-refractivity contribution in [2.75, 3.05) is 6.54 Å². The van der Waals surface area contributed by atoms with Gasteiger partial charge >= 0.3 is 17.9 Å². The molecule has 4 unspecified atom stereocenters. The fourth-order valence-electron chi connectivity index (χ4n) is 2.30. The molecule has 0 spiro atoms. The molecule has 0 aromatic heterocycles.